The van der Waals surface area contributed by atoms with Crippen LogP contribution in [0.4, 0.5) is 5.69 Å². The number of fused-ring (bicyclic) bond motifs is 2. The van der Waals surface area contributed by atoms with Gasteiger partial charge in [0.1, 0.15) is 22.5 Å². The quantitative estimate of drug-likeness (QED) is 0.394. The minimum atomic E-state index is -1.00. The molecular formula is C23H18N4O3S. The second-order valence-electron chi connectivity index (χ2n) is 7.21. The molecule has 31 heavy (non-hydrogen) atoms. The average molecular weight is 430 g/mol. The molecule has 0 radical (unpaired) electrons. The fourth-order valence-corrected chi connectivity index (χ4v) is 4.43. The third-order valence-corrected chi connectivity index (χ3v) is 5.88. The molecule has 3 N–H and O–H groups in total. The van der Waals surface area contributed by atoms with Crippen molar-refractivity contribution in [3.63, 3.8) is 0 Å². The third kappa shape index (κ3) is 3.27. The largest absolute Gasteiger partial charge is 0.497 e. The number of carboxylic acid groups (broad SMARTS) is 1. The number of rotatable bonds is 5. The van der Waals surface area contributed by atoms with E-state index in [4.69, 9.17) is 10.5 Å². The number of anilines is 1. The van der Waals surface area contributed by atoms with Gasteiger partial charge in [-0.25, -0.2) is 4.79 Å². The fourth-order valence-electron chi connectivity index (χ4n) is 3.92. The number of ether oxygens (including phenoxy) is 1. The predicted molar refractivity (Wildman–Crippen MR) is 122 cm³/mol. The van der Waals surface area contributed by atoms with Gasteiger partial charge in [0.25, 0.3) is 0 Å². The molecule has 154 valence electrons. The summed E-state index contributed by atoms with van der Waals surface area (Å²) in [4.78, 5) is 12.5. The van der Waals surface area contributed by atoms with Crippen molar-refractivity contribution in [1.82, 2.24) is 13.3 Å². The number of carbonyl (C=O) groups is 1. The number of hydrogen-bond donors (Lipinski definition) is 2. The molecule has 0 aliphatic rings. The summed E-state index contributed by atoms with van der Waals surface area (Å²) in [6.45, 7) is 0.381. The summed E-state index contributed by atoms with van der Waals surface area (Å²) in [6, 6.07) is 18.6. The number of nitrogens with two attached hydrogens (primary N) is 1. The first-order chi connectivity index (χ1) is 15.0. The minimum Gasteiger partial charge on any atom is -0.497 e. The first kappa shape index (κ1) is 19.1. The Morgan fingerprint density at radius 1 is 1.06 bits per heavy atom. The molecule has 0 unspecified atom stereocenters. The third-order valence-electron chi connectivity index (χ3n) is 5.33. The highest BCUT2D eigenvalue weighted by Crippen LogP contribution is 2.37. The van der Waals surface area contributed by atoms with Gasteiger partial charge in [0.2, 0.25) is 0 Å². The van der Waals surface area contributed by atoms with Crippen molar-refractivity contribution in [1.29, 1.82) is 0 Å². The summed E-state index contributed by atoms with van der Waals surface area (Å²) >= 11 is 1.16. The number of carboxylic acids is 1. The monoisotopic (exact) mass is 430 g/mol. The Balaban J connectivity index is 1.75. The van der Waals surface area contributed by atoms with Crippen molar-refractivity contribution in [2.45, 2.75) is 6.54 Å². The first-order valence-corrected chi connectivity index (χ1v) is 10.3. The highest BCUT2D eigenvalue weighted by Gasteiger charge is 2.24. The van der Waals surface area contributed by atoms with E-state index in [1.54, 1.807) is 13.2 Å². The molecule has 0 spiro atoms. The van der Waals surface area contributed by atoms with Crippen LogP contribution in [0.1, 0.15) is 16.1 Å². The molecule has 2 aromatic heterocycles. The van der Waals surface area contributed by atoms with Gasteiger partial charge in [0.05, 0.1) is 18.8 Å². The summed E-state index contributed by atoms with van der Waals surface area (Å²) in [7, 11) is 1.60. The van der Waals surface area contributed by atoms with E-state index in [1.165, 1.54) is 0 Å². The summed E-state index contributed by atoms with van der Waals surface area (Å²) in [5, 5.41) is 11.0. The predicted octanol–water partition coefficient (Wildman–Crippen LogP) is 4.65. The van der Waals surface area contributed by atoms with E-state index in [0.717, 1.165) is 44.8 Å². The highest BCUT2D eigenvalue weighted by molar-refractivity contribution is 7.00. The highest BCUT2D eigenvalue weighted by atomic mass is 32.1. The zero-order valence-corrected chi connectivity index (χ0v) is 17.4. The average Bonchev–Trinajstić information content (AvgIpc) is 3.36. The molecular weight excluding hydrogens is 412 g/mol. The van der Waals surface area contributed by atoms with Crippen molar-refractivity contribution in [3.05, 3.63) is 71.9 Å². The number of aromatic carboxylic acids is 1. The number of methoxy groups -OCH3 is 1. The summed E-state index contributed by atoms with van der Waals surface area (Å²) in [6.07, 6.45) is 0. The van der Waals surface area contributed by atoms with Crippen molar-refractivity contribution in [2.75, 3.05) is 12.8 Å². The number of nitrogen functional groups attached to an aromatic ring is 1. The van der Waals surface area contributed by atoms with E-state index in [9.17, 15) is 9.90 Å². The van der Waals surface area contributed by atoms with Crippen molar-refractivity contribution < 1.29 is 14.6 Å². The first-order valence-electron chi connectivity index (χ1n) is 9.56. The van der Waals surface area contributed by atoms with Crippen LogP contribution in [0.2, 0.25) is 0 Å². The Labute approximate surface area is 181 Å². The fraction of sp³-hybridized carbons (Fsp3) is 0.0870. The van der Waals surface area contributed by atoms with Crippen LogP contribution in [-0.2, 0) is 6.54 Å². The van der Waals surface area contributed by atoms with Crippen molar-refractivity contribution >= 4 is 45.3 Å². The molecule has 7 nitrogen and oxygen atoms in total. The van der Waals surface area contributed by atoms with Gasteiger partial charge < -0.3 is 20.1 Å². The van der Waals surface area contributed by atoms with Crippen LogP contribution in [0, 0.1) is 0 Å². The smallest absolute Gasteiger partial charge is 0.353 e. The minimum absolute atomic E-state index is 0.210. The van der Waals surface area contributed by atoms with Crippen LogP contribution in [0.3, 0.4) is 0 Å². The lowest BCUT2D eigenvalue weighted by Gasteiger charge is -2.10. The lowest BCUT2D eigenvalue weighted by molar-refractivity contribution is 0.0687. The molecule has 2 heterocycles. The maximum atomic E-state index is 12.5. The van der Waals surface area contributed by atoms with E-state index >= 15 is 0 Å². The summed E-state index contributed by atoms with van der Waals surface area (Å²) < 4.78 is 15.6. The lowest BCUT2D eigenvalue weighted by atomic mass is 10.0. The van der Waals surface area contributed by atoms with E-state index in [-0.39, 0.29) is 5.69 Å². The van der Waals surface area contributed by atoms with Gasteiger partial charge in [-0.05, 0) is 53.6 Å². The van der Waals surface area contributed by atoms with Gasteiger partial charge in [-0.3, -0.25) is 0 Å². The maximum absolute atomic E-state index is 12.5. The molecule has 0 saturated carbocycles. The zero-order valence-electron chi connectivity index (χ0n) is 16.6. The van der Waals surface area contributed by atoms with E-state index in [2.05, 4.69) is 8.75 Å². The number of benzene rings is 3. The number of aromatic nitrogens is 3. The van der Waals surface area contributed by atoms with Gasteiger partial charge in [0, 0.05) is 28.7 Å². The Morgan fingerprint density at radius 3 is 2.58 bits per heavy atom. The van der Waals surface area contributed by atoms with E-state index in [0.29, 0.717) is 23.5 Å². The SMILES string of the molecule is COc1ccc(-c2c(C(=O)O)n(Cc3ccc4nsnc4c3)c3ccc(N)cc23)cc1. The molecule has 0 bridgehead atoms. The van der Waals surface area contributed by atoms with Crippen molar-refractivity contribution in [3.8, 4) is 16.9 Å². The maximum Gasteiger partial charge on any atom is 0.353 e. The number of hydrogen-bond acceptors (Lipinski definition) is 6. The lowest BCUT2D eigenvalue weighted by Crippen LogP contribution is -2.10. The molecule has 0 amide bonds. The standard InChI is InChI=1S/C23H18N4O3S/c1-30-16-6-3-14(4-7-16)21-17-11-15(24)5-9-20(17)27(22(21)23(28)29)12-13-2-8-18-19(10-13)26-31-25-18/h2-11H,12,24H2,1H3,(H,28,29). The second-order valence-corrected chi connectivity index (χ2v) is 7.74. The van der Waals surface area contributed by atoms with Crippen LogP contribution < -0.4 is 10.5 Å². The Morgan fingerprint density at radius 2 is 1.84 bits per heavy atom. The zero-order chi connectivity index (χ0) is 21.5. The van der Waals surface area contributed by atoms with Crippen LogP contribution in [0.25, 0.3) is 33.1 Å². The number of nitrogens with zero attached hydrogens (tertiary/aromatic N) is 3. The molecule has 8 heteroatoms. The molecule has 3 aromatic carbocycles. The molecule has 0 atom stereocenters. The Bertz CT molecular complexity index is 1440. The van der Waals surface area contributed by atoms with E-state index in [1.807, 2.05) is 59.2 Å². The van der Waals surface area contributed by atoms with Gasteiger partial charge in [0.15, 0.2) is 0 Å². The molecule has 0 saturated heterocycles. The molecule has 5 rings (SSSR count). The topological polar surface area (TPSA) is 103 Å². The van der Waals surface area contributed by atoms with Gasteiger partial charge in [-0.1, -0.05) is 18.2 Å². The summed E-state index contributed by atoms with van der Waals surface area (Å²) in [5.74, 6) is -0.300. The molecule has 0 aliphatic carbocycles. The molecule has 0 fully saturated rings. The second kappa shape index (κ2) is 7.41. The van der Waals surface area contributed by atoms with Crippen LogP contribution >= 0.6 is 11.7 Å². The van der Waals surface area contributed by atoms with Crippen LogP contribution in [-0.4, -0.2) is 31.5 Å². The van der Waals surface area contributed by atoms with Crippen molar-refractivity contribution in [2.24, 2.45) is 0 Å². The Hall–Kier alpha value is -3.91. The molecule has 5 aromatic rings. The summed E-state index contributed by atoms with van der Waals surface area (Å²) in [5.41, 5.74) is 11.6. The van der Waals surface area contributed by atoms with Crippen LogP contribution in [0.5, 0.6) is 5.75 Å². The van der Waals surface area contributed by atoms with Gasteiger partial charge >= 0.3 is 5.97 Å². The normalized spacial score (nSPS) is 11.3. The van der Waals surface area contributed by atoms with E-state index < -0.39 is 5.97 Å². The van der Waals surface area contributed by atoms with Crippen LogP contribution in [0.15, 0.2) is 60.7 Å². The Kier molecular flexibility index (Phi) is 4.56. The van der Waals surface area contributed by atoms with Gasteiger partial charge in [-0.15, -0.1) is 0 Å². The van der Waals surface area contributed by atoms with Gasteiger partial charge in [-0.2, -0.15) is 8.75 Å². The molecule has 0 aliphatic heterocycles.